The molecule has 12 heavy (non-hydrogen) atoms. The second-order valence-electron chi connectivity index (χ2n) is 1.31. The van der Waals surface area contributed by atoms with Gasteiger partial charge in [-0.15, -0.1) is 0 Å². The summed E-state index contributed by atoms with van der Waals surface area (Å²) in [5, 5.41) is 0. The SMILES string of the molecule is CC(N)N.O=P([O-])([O-])[O-].[Na+].[Na+].[Na+]. The van der Waals surface area contributed by atoms with Crippen LogP contribution in [0.1, 0.15) is 6.92 Å². The molecule has 0 rings (SSSR count). The quantitative estimate of drug-likeness (QED) is 0.238. The Bertz CT molecular complexity index is 97.5. The van der Waals surface area contributed by atoms with Gasteiger partial charge in [-0.3, -0.25) is 0 Å². The van der Waals surface area contributed by atoms with Crippen molar-refractivity contribution in [2.75, 3.05) is 0 Å². The zero-order valence-electron chi connectivity index (χ0n) is 7.81. The fourth-order valence-corrected chi connectivity index (χ4v) is 0. The van der Waals surface area contributed by atoms with E-state index >= 15 is 0 Å². The second-order valence-corrected chi connectivity index (χ2v) is 2.20. The Morgan fingerprint density at radius 3 is 1.08 bits per heavy atom. The number of nitrogens with two attached hydrogens (primary N) is 2. The molecule has 0 bridgehead atoms. The van der Waals surface area contributed by atoms with Gasteiger partial charge in [-0.1, -0.05) is 0 Å². The maximum Gasteiger partial charge on any atom is 1.00 e. The molecule has 0 aliphatic carbocycles. The van der Waals surface area contributed by atoms with Gasteiger partial charge in [-0.2, -0.15) is 7.82 Å². The van der Waals surface area contributed by atoms with Crippen molar-refractivity contribution in [3.8, 4) is 0 Å². The topological polar surface area (TPSA) is 138 Å². The van der Waals surface area contributed by atoms with Gasteiger partial charge in [0.2, 0.25) is 0 Å². The first-order valence-corrected chi connectivity index (χ1v) is 3.43. The van der Waals surface area contributed by atoms with Crippen molar-refractivity contribution in [1.29, 1.82) is 0 Å². The van der Waals surface area contributed by atoms with E-state index in [1.165, 1.54) is 0 Å². The minimum absolute atomic E-state index is 0. The summed E-state index contributed by atoms with van der Waals surface area (Å²) in [7, 11) is -5.39. The number of rotatable bonds is 0. The first kappa shape index (κ1) is 29.4. The minimum Gasteiger partial charge on any atom is -0.822 e. The van der Waals surface area contributed by atoms with Gasteiger partial charge >= 0.3 is 88.7 Å². The van der Waals surface area contributed by atoms with Crippen LogP contribution in [0.3, 0.4) is 0 Å². The molecule has 4 N–H and O–H groups in total. The smallest absolute Gasteiger partial charge is 0.822 e. The molecule has 0 aromatic carbocycles. The molecule has 0 heterocycles. The molecule has 0 fully saturated rings. The van der Waals surface area contributed by atoms with Crippen LogP contribution in [0, 0.1) is 0 Å². The Morgan fingerprint density at radius 1 is 1.08 bits per heavy atom. The molecule has 58 valence electrons. The van der Waals surface area contributed by atoms with Crippen LogP contribution >= 0.6 is 7.82 Å². The second kappa shape index (κ2) is 16.5. The van der Waals surface area contributed by atoms with Crippen molar-refractivity contribution in [3.63, 3.8) is 0 Å². The molecule has 0 atom stereocenters. The van der Waals surface area contributed by atoms with Gasteiger partial charge in [-0.25, -0.2) is 0 Å². The van der Waals surface area contributed by atoms with Crippen molar-refractivity contribution in [3.05, 3.63) is 0 Å². The third kappa shape index (κ3) is 205. The predicted molar refractivity (Wildman–Crippen MR) is 25.4 cm³/mol. The van der Waals surface area contributed by atoms with Gasteiger partial charge in [0, 0.05) is 6.17 Å². The standard InChI is InChI=1S/C2H8N2.3Na.H3O4P/c1-2(3)4;;;;1-5(2,3)4/h2H,3-4H2,1H3;;;;(H3,1,2,3,4)/q;3*+1;/p-3. The molecule has 0 spiro atoms. The summed E-state index contributed by atoms with van der Waals surface area (Å²) in [4.78, 5) is 25.6. The van der Waals surface area contributed by atoms with Crippen molar-refractivity contribution in [2.24, 2.45) is 11.5 Å². The molecule has 10 heteroatoms. The average Bonchev–Trinajstić information content (AvgIpc) is 1.19. The van der Waals surface area contributed by atoms with E-state index in [2.05, 4.69) is 0 Å². The van der Waals surface area contributed by atoms with Gasteiger partial charge in [-0.05, 0) is 6.92 Å². The van der Waals surface area contributed by atoms with Gasteiger partial charge < -0.3 is 30.7 Å². The molecule has 0 unspecified atom stereocenters. The summed E-state index contributed by atoms with van der Waals surface area (Å²) in [6.07, 6.45) is -0.167. The Morgan fingerprint density at radius 2 is 1.08 bits per heavy atom. The monoisotopic (exact) mass is 224 g/mol. The van der Waals surface area contributed by atoms with E-state index in [-0.39, 0.29) is 94.8 Å². The van der Waals surface area contributed by atoms with Crippen molar-refractivity contribution < 1.29 is 108 Å². The van der Waals surface area contributed by atoms with Crippen LogP contribution in [-0.4, -0.2) is 6.17 Å². The van der Waals surface area contributed by atoms with E-state index in [1.54, 1.807) is 6.92 Å². The summed E-state index contributed by atoms with van der Waals surface area (Å²) in [5.74, 6) is 0. The van der Waals surface area contributed by atoms with Crippen LogP contribution in [0.4, 0.5) is 0 Å². The fourth-order valence-electron chi connectivity index (χ4n) is 0. The minimum atomic E-state index is -5.39. The summed E-state index contributed by atoms with van der Waals surface area (Å²) >= 11 is 0. The summed E-state index contributed by atoms with van der Waals surface area (Å²) in [5.41, 5.74) is 9.78. The Labute approximate surface area is 138 Å². The molecule has 0 saturated heterocycles. The normalized spacial score (nSPS) is 7.92. The van der Waals surface area contributed by atoms with Crippen molar-refractivity contribution >= 4 is 7.82 Å². The molecular formula is C2H8N2Na3O4P. The van der Waals surface area contributed by atoms with E-state index < -0.39 is 7.82 Å². The van der Waals surface area contributed by atoms with Gasteiger partial charge in [0.05, 0.1) is 0 Å². The first-order valence-electron chi connectivity index (χ1n) is 1.97. The number of hydrogen-bond acceptors (Lipinski definition) is 6. The molecule has 0 amide bonds. The molecule has 0 aromatic heterocycles. The van der Waals surface area contributed by atoms with E-state index in [4.69, 9.17) is 30.7 Å². The van der Waals surface area contributed by atoms with E-state index in [0.717, 1.165) is 0 Å². The molecule has 0 radical (unpaired) electrons. The Hall–Kier alpha value is 3.03. The van der Waals surface area contributed by atoms with Crippen molar-refractivity contribution in [2.45, 2.75) is 13.1 Å². The van der Waals surface area contributed by atoms with E-state index in [9.17, 15) is 0 Å². The summed E-state index contributed by atoms with van der Waals surface area (Å²) in [6, 6.07) is 0. The zero-order valence-corrected chi connectivity index (χ0v) is 14.7. The zero-order chi connectivity index (χ0) is 8.08. The van der Waals surface area contributed by atoms with Crippen LogP contribution in [0.15, 0.2) is 0 Å². The summed E-state index contributed by atoms with van der Waals surface area (Å²) in [6.45, 7) is 1.72. The summed E-state index contributed by atoms with van der Waals surface area (Å²) < 4.78 is 8.55. The third-order valence-corrected chi connectivity index (χ3v) is 0. The Kier molecular flexibility index (Phi) is 40.3. The van der Waals surface area contributed by atoms with Crippen molar-refractivity contribution in [1.82, 2.24) is 0 Å². The van der Waals surface area contributed by atoms with Gasteiger partial charge in [0.15, 0.2) is 0 Å². The molecule has 0 aromatic rings. The van der Waals surface area contributed by atoms with Crippen LogP contribution in [0.2, 0.25) is 0 Å². The Balaban J connectivity index is -0.0000000221. The molecule has 0 aliphatic rings. The number of hydrogen-bond donors (Lipinski definition) is 2. The van der Waals surface area contributed by atoms with Gasteiger partial charge in [0.1, 0.15) is 0 Å². The maximum atomic E-state index is 8.55. The fraction of sp³-hybridized carbons (Fsp3) is 1.00. The average molecular weight is 224 g/mol. The third-order valence-electron chi connectivity index (χ3n) is 0. The van der Waals surface area contributed by atoms with Crippen LogP contribution in [0.5, 0.6) is 0 Å². The maximum absolute atomic E-state index is 8.55. The van der Waals surface area contributed by atoms with E-state index in [0.29, 0.717) is 0 Å². The molecule has 6 nitrogen and oxygen atoms in total. The predicted octanol–water partition coefficient (Wildman–Crippen LogP) is -12.6. The van der Waals surface area contributed by atoms with Crippen LogP contribution in [-0.2, 0) is 4.57 Å². The van der Waals surface area contributed by atoms with Gasteiger partial charge in [0.25, 0.3) is 0 Å². The first-order chi connectivity index (χ1) is 3.73. The molecular weight excluding hydrogens is 216 g/mol. The van der Waals surface area contributed by atoms with E-state index in [1.807, 2.05) is 0 Å². The largest absolute Gasteiger partial charge is 1.00 e. The molecule has 0 saturated carbocycles. The molecule has 0 aliphatic heterocycles. The van der Waals surface area contributed by atoms with Crippen LogP contribution < -0.4 is 115 Å². The van der Waals surface area contributed by atoms with Crippen LogP contribution in [0.25, 0.3) is 0 Å². The number of phosphoric acid groups is 1.